The summed E-state index contributed by atoms with van der Waals surface area (Å²) in [5.41, 5.74) is 14.1. The summed E-state index contributed by atoms with van der Waals surface area (Å²) in [6.07, 6.45) is 0. The molecule has 0 atom stereocenters. The first kappa shape index (κ1) is 35.2. The van der Waals surface area contributed by atoms with Crippen LogP contribution in [0.5, 0.6) is 0 Å². The van der Waals surface area contributed by atoms with E-state index in [-0.39, 0.29) is 0 Å². The van der Waals surface area contributed by atoms with E-state index >= 15 is 0 Å². The molecular formula is C58H38N2S. The van der Waals surface area contributed by atoms with Crippen molar-refractivity contribution in [3.05, 3.63) is 231 Å². The molecule has 0 saturated carbocycles. The Morgan fingerprint density at radius 2 is 0.934 bits per heavy atom. The van der Waals surface area contributed by atoms with Crippen molar-refractivity contribution in [3.8, 4) is 39.1 Å². The minimum Gasteiger partial charge on any atom is -0.310 e. The molecule has 0 bridgehead atoms. The Bertz CT molecular complexity index is 3580. The van der Waals surface area contributed by atoms with Gasteiger partial charge in [0.05, 0.1) is 11.0 Å². The normalized spacial score (nSPS) is 11.6. The fraction of sp³-hybridized carbons (Fsp3) is 0. The van der Waals surface area contributed by atoms with Gasteiger partial charge < -0.3 is 9.47 Å². The SMILES string of the molecule is c1ccc(-c2cccc(N(c3ccc(-c4cc(-n5c6ccccc6c6cc(-c7ccccc7)ccc65)cc5c4sc4ccccc45)cc3)c3ccc4ccccc4c3)c2)cc1. The Balaban J connectivity index is 1.03. The number of hydrogen-bond donors (Lipinski definition) is 0. The van der Waals surface area contributed by atoms with Gasteiger partial charge in [0, 0.05) is 59.3 Å². The Hall–Kier alpha value is -7.72. The van der Waals surface area contributed by atoms with Crippen LogP contribution in [0.25, 0.3) is 91.8 Å². The third kappa shape index (κ3) is 6.09. The van der Waals surface area contributed by atoms with E-state index in [4.69, 9.17) is 0 Å². The highest BCUT2D eigenvalue weighted by Gasteiger charge is 2.19. The number of anilines is 3. The zero-order chi connectivity index (χ0) is 40.3. The van der Waals surface area contributed by atoms with E-state index < -0.39 is 0 Å². The second-order valence-corrected chi connectivity index (χ2v) is 16.8. The van der Waals surface area contributed by atoms with Gasteiger partial charge in [-0.2, -0.15) is 0 Å². The molecule has 0 unspecified atom stereocenters. The van der Waals surface area contributed by atoms with Gasteiger partial charge in [-0.05, 0) is 111 Å². The minimum absolute atomic E-state index is 1.10. The van der Waals surface area contributed by atoms with Crippen LogP contribution in [0, 0.1) is 0 Å². The highest BCUT2D eigenvalue weighted by molar-refractivity contribution is 7.26. The number of rotatable bonds is 7. The molecule has 61 heavy (non-hydrogen) atoms. The fourth-order valence-electron chi connectivity index (χ4n) is 9.22. The third-order valence-corrected chi connectivity index (χ3v) is 13.4. The van der Waals surface area contributed by atoms with E-state index in [9.17, 15) is 0 Å². The van der Waals surface area contributed by atoms with Gasteiger partial charge in [-0.15, -0.1) is 11.3 Å². The molecule has 2 aromatic heterocycles. The molecule has 0 aliphatic rings. The lowest BCUT2D eigenvalue weighted by Crippen LogP contribution is -2.10. The Morgan fingerprint density at radius 1 is 0.328 bits per heavy atom. The maximum absolute atomic E-state index is 2.46. The topological polar surface area (TPSA) is 8.17 Å². The molecule has 0 aliphatic heterocycles. The van der Waals surface area contributed by atoms with Crippen molar-refractivity contribution < 1.29 is 0 Å². The van der Waals surface area contributed by atoms with E-state index in [1.807, 2.05) is 11.3 Å². The van der Waals surface area contributed by atoms with Gasteiger partial charge in [-0.25, -0.2) is 0 Å². The number of aromatic nitrogens is 1. The molecular weight excluding hydrogens is 757 g/mol. The zero-order valence-corrected chi connectivity index (χ0v) is 34.1. The van der Waals surface area contributed by atoms with Crippen molar-refractivity contribution in [2.75, 3.05) is 4.90 Å². The number of fused-ring (bicyclic) bond motifs is 7. The number of para-hydroxylation sites is 1. The zero-order valence-electron chi connectivity index (χ0n) is 33.2. The Kier molecular flexibility index (Phi) is 8.39. The maximum Gasteiger partial charge on any atom is 0.0541 e. The number of thiophene rings is 1. The first-order chi connectivity index (χ1) is 30.2. The lowest BCUT2D eigenvalue weighted by atomic mass is 10.00. The predicted molar refractivity (Wildman–Crippen MR) is 262 cm³/mol. The van der Waals surface area contributed by atoms with E-state index in [1.54, 1.807) is 0 Å². The van der Waals surface area contributed by atoms with Crippen molar-refractivity contribution in [2.45, 2.75) is 0 Å². The van der Waals surface area contributed by atoms with Crippen LogP contribution in [0.3, 0.4) is 0 Å². The lowest BCUT2D eigenvalue weighted by molar-refractivity contribution is 1.19. The fourth-order valence-corrected chi connectivity index (χ4v) is 10.4. The van der Waals surface area contributed by atoms with Crippen molar-refractivity contribution >= 4 is 81.1 Å². The monoisotopic (exact) mass is 794 g/mol. The Morgan fingerprint density at radius 3 is 1.74 bits per heavy atom. The molecule has 0 amide bonds. The van der Waals surface area contributed by atoms with Crippen LogP contribution >= 0.6 is 11.3 Å². The summed E-state index contributed by atoms with van der Waals surface area (Å²) >= 11 is 1.88. The van der Waals surface area contributed by atoms with E-state index in [2.05, 4.69) is 240 Å². The molecule has 0 fully saturated rings. The van der Waals surface area contributed by atoms with Gasteiger partial charge in [0.2, 0.25) is 0 Å². The van der Waals surface area contributed by atoms with Crippen molar-refractivity contribution in [2.24, 2.45) is 0 Å². The van der Waals surface area contributed by atoms with Crippen molar-refractivity contribution in [3.63, 3.8) is 0 Å². The summed E-state index contributed by atoms with van der Waals surface area (Å²) in [5.74, 6) is 0. The van der Waals surface area contributed by atoms with Gasteiger partial charge in [-0.1, -0.05) is 158 Å². The lowest BCUT2D eigenvalue weighted by Gasteiger charge is -2.26. The Labute approximate surface area is 358 Å². The van der Waals surface area contributed by atoms with E-state index in [0.29, 0.717) is 0 Å². The van der Waals surface area contributed by atoms with Crippen LogP contribution in [0.1, 0.15) is 0 Å². The van der Waals surface area contributed by atoms with Gasteiger partial charge in [-0.3, -0.25) is 0 Å². The first-order valence-corrected chi connectivity index (χ1v) is 21.6. The summed E-state index contributed by atoms with van der Waals surface area (Å²) in [6, 6.07) is 84.2. The van der Waals surface area contributed by atoms with Crippen LogP contribution in [-0.2, 0) is 0 Å². The van der Waals surface area contributed by atoms with Crippen LogP contribution in [0.15, 0.2) is 231 Å². The molecule has 286 valence electrons. The molecule has 10 aromatic carbocycles. The first-order valence-electron chi connectivity index (χ1n) is 20.8. The van der Waals surface area contributed by atoms with Crippen molar-refractivity contribution in [1.29, 1.82) is 0 Å². The summed E-state index contributed by atoms with van der Waals surface area (Å²) in [7, 11) is 0. The summed E-state index contributed by atoms with van der Waals surface area (Å²) < 4.78 is 5.06. The second kappa shape index (κ2) is 14.5. The highest BCUT2D eigenvalue weighted by atomic mass is 32.1. The molecule has 0 N–H and O–H groups in total. The molecule has 2 heterocycles. The van der Waals surface area contributed by atoms with E-state index in [1.165, 1.54) is 86.1 Å². The molecule has 12 rings (SSSR count). The number of nitrogens with zero attached hydrogens (tertiary/aromatic N) is 2. The van der Waals surface area contributed by atoms with Crippen LogP contribution < -0.4 is 4.90 Å². The molecule has 3 heteroatoms. The van der Waals surface area contributed by atoms with Crippen molar-refractivity contribution in [1.82, 2.24) is 4.57 Å². The molecule has 0 radical (unpaired) electrons. The highest BCUT2D eigenvalue weighted by Crippen LogP contribution is 2.45. The van der Waals surface area contributed by atoms with Gasteiger partial charge in [0.25, 0.3) is 0 Å². The van der Waals surface area contributed by atoms with Crippen LogP contribution in [-0.4, -0.2) is 4.57 Å². The molecule has 12 aromatic rings. The molecule has 0 saturated heterocycles. The standard InChI is InChI=1S/C58H38N2S/c1-3-14-39(15-4-1)44-20-13-21-47(34-44)59(48-32-26-41-18-7-8-19-43(41)35-48)46-30-27-42(28-31-46)52-37-49(38-54-51-23-10-12-25-57(51)61-58(52)54)60-55-24-11-9-22-50(55)53-36-45(29-33-56(53)60)40-16-5-2-6-17-40/h1-38H. The second-order valence-electron chi connectivity index (χ2n) is 15.7. The molecule has 0 aliphatic carbocycles. The van der Waals surface area contributed by atoms with E-state index in [0.717, 1.165) is 22.7 Å². The average Bonchev–Trinajstić information content (AvgIpc) is 3.88. The smallest absolute Gasteiger partial charge is 0.0541 e. The number of benzene rings is 10. The molecule has 0 spiro atoms. The minimum atomic E-state index is 1.10. The average molecular weight is 795 g/mol. The van der Waals surface area contributed by atoms with Gasteiger partial charge in [0.1, 0.15) is 0 Å². The number of hydrogen-bond acceptors (Lipinski definition) is 2. The largest absolute Gasteiger partial charge is 0.310 e. The van der Waals surface area contributed by atoms with Crippen LogP contribution in [0.2, 0.25) is 0 Å². The summed E-state index contributed by atoms with van der Waals surface area (Å²) in [5, 5.41) is 7.51. The van der Waals surface area contributed by atoms with Gasteiger partial charge >= 0.3 is 0 Å². The summed E-state index contributed by atoms with van der Waals surface area (Å²) in [6.45, 7) is 0. The third-order valence-electron chi connectivity index (χ3n) is 12.1. The van der Waals surface area contributed by atoms with Gasteiger partial charge in [0.15, 0.2) is 0 Å². The predicted octanol–water partition coefficient (Wildman–Crippen LogP) is 16.8. The van der Waals surface area contributed by atoms with Crippen LogP contribution in [0.4, 0.5) is 17.1 Å². The quantitative estimate of drug-likeness (QED) is 0.156. The maximum atomic E-state index is 2.46. The molecule has 2 nitrogen and oxygen atoms in total. The summed E-state index contributed by atoms with van der Waals surface area (Å²) in [4.78, 5) is 2.38.